The topological polar surface area (TPSA) is 96.3 Å². The van der Waals surface area contributed by atoms with Crippen LogP contribution in [-0.2, 0) is 11.2 Å². The molecule has 0 radical (unpaired) electrons. The first-order valence-electron chi connectivity index (χ1n) is 4.43. The van der Waals surface area contributed by atoms with Crippen molar-refractivity contribution in [1.82, 2.24) is 0 Å². The molecule has 3 N–H and O–H groups in total. The van der Waals surface area contributed by atoms with Gasteiger partial charge in [-0.2, -0.15) is 14.0 Å². The van der Waals surface area contributed by atoms with Gasteiger partial charge in [-0.25, -0.2) is 0 Å². The molecular weight excluding hydrogens is 234 g/mol. The fraction of sp³-hybridized carbons (Fsp3) is 0.200. The van der Waals surface area contributed by atoms with E-state index < -0.39 is 19.0 Å². The SMILES string of the molecule is N#Cc1c(N)ccc(OC(F)F)c1CC(=O)O. The Morgan fingerprint density at radius 3 is 2.71 bits per heavy atom. The number of nitriles is 1. The molecule has 1 rings (SSSR count). The van der Waals surface area contributed by atoms with Crippen LogP contribution in [0.3, 0.4) is 0 Å². The summed E-state index contributed by atoms with van der Waals surface area (Å²) in [5, 5.41) is 17.4. The molecule has 0 amide bonds. The second-order valence-corrected chi connectivity index (χ2v) is 3.07. The predicted octanol–water partition coefficient (Wildman–Crippen LogP) is 1.37. The molecule has 90 valence electrons. The van der Waals surface area contributed by atoms with Gasteiger partial charge in [-0.3, -0.25) is 4.79 Å². The number of nitrogens with zero attached hydrogens (tertiary/aromatic N) is 1. The molecule has 0 unspecified atom stereocenters. The van der Waals surface area contributed by atoms with Crippen LogP contribution in [0.1, 0.15) is 11.1 Å². The average molecular weight is 242 g/mol. The van der Waals surface area contributed by atoms with Gasteiger partial charge in [0.15, 0.2) is 0 Å². The fourth-order valence-corrected chi connectivity index (χ4v) is 1.31. The molecule has 0 aliphatic heterocycles. The van der Waals surface area contributed by atoms with Crippen LogP contribution in [0.4, 0.5) is 14.5 Å². The third kappa shape index (κ3) is 3.04. The number of ether oxygens (including phenoxy) is 1. The Morgan fingerprint density at radius 1 is 1.59 bits per heavy atom. The van der Waals surface area contributed by atoms with Crippen LogP contribution in [0.2, 0.25) is 0 Å². The molecule has 0 aliphatic carbocycles. The van der Waals surface area contributed by atoms with E-state index in [2.05, 4.69) is 4.74 Å². The molecule has 1 aromatic carbocycles. The zero-order valence-corrected chi connectivity index (χ0v) is 8.48. The third-order valence-corrected chi connectivity index (χ3v) is 1.96. The minimum absolute atomic E-state index is 0.0189. The maximum absolute atomic E-state index is 12.1. The highest BCUT2D eigenvalue weighted by molar-refractivity contribution is 5.75. The van der Waals surface area contributed by atoms with Gasteiger partial charge in [-0.15, -0.1) is 0 Å². The summed E-state index contributed by atoms with van der Waals surface area (Å²) < 4.78 is 28.3. The number of carboxylic acids is 1. The molecule has 0 heterocycles. The summed E-state index contributed by atoms with van der Waals surface area (Å²) >= 11 is 0. The van der Waals surface area contributed by atoms with Gasteiger partial charge in [0.25, 0.3) is 0 Å². The lowest BCUT2D eigenvalue weighted by Crippen LogP contribution is -2.10. The van der Waals surface area contributed by atoms with Crippen LogP contribution in [0.5, 0.6) is 5.75 Å². The van der Waals surface area contributed by atoms with E-state index in [1.807, 2.05) is 0 Å². The number of hydrogen-bond donors (Lipinski definition) is 2. The number of aliphatic carboxylic acids is 1. The lowest BCUT2D eigenvalue weighted by atomic mass is 10.0. The van der Waals surface area contributed by atoms with Gasteiger partial charge >= 0.3 is 12.6 Å². The molecule has 0 saturated carbocycles. The van der Waals surface area contributed by atoms with Crippen molar-refractivity contribution in [2.24, 2.45) is 0 Å². The molecule has 0 bridgehead atoms. The molecular formula is C10H8F2N2O3. The van der Waals surface area contributed by atoms with Crippen molar-refractivity contribution >= 4 is 11.7 Å². The summed E-state index contributed by atoms with van der Waals surface area (Å²) in [7, 11) is 0. The average Bonchev–Trinajstić information content (AvgIpc) is 2.21. The summed E-state index contributed by atoms with van der Waals surface area (Å²) in [4.78, 5) is 10.6. The molecule has 0 fully saturated rings. The highest BCUT2D eigenvalue weighted by Gasteiger charge is 2.18. The van der Waals surface area contributed by atoms with Crippen molar-refractivity contribution in [1.29, 1.82) is 5.26 Å². The first-order chi connectivity index (χ1) is 7.95. The Balaban J connectivity index is 3.30. The Hall–Kier alpha value is -2.36. The predicted molar refractivity (Wildman–Crippen MR) is 53.5 cm³/mol. The smallest absolute Gasteiger partial charge is 0.387 e. The van der Waals surface area contributed by atoms with Crippen LogP contribution < -0.4 is 10.5 Å². The maximum atomic E-state index is 12.1. The molecule has 0 aliphatic rings. The van der Waals surface area contributed by atoms with Gasteiger partial charge in [-0.05, 0) is 12.1 Å². The lowest BCUT2D eigenvalue weighted by Gasteiger charge is -2.12. The first-order valence-corrected chi connectivity index (χ1v) is 4.43. The fourth-order valence-electron chi connectivity index (χ4n) is 1.31. The minimum Gasteiger partial charge on any atom is -0.481 e. The van der Waals surface area contributed by atoms with Crippen LogP contribution in [-0.4, -0.2) is 17.7 Å². The van der Waals surface area contributed by atoms with E-state index in [1.54, 1.807) is 6.07 Å². The van der Waals surface area contributed by atoms with Gasteiger partial charge < -0.3 is 15.6 Å². The van der Waals surface area contributed by atoms with Crippen LogP contribution in [0.25, 0.3) is 0 Å². The van der Waals surface area contributed by atoms with Crippen LogP contribution in [0.15, 0.2) is 12.1 Å². The van der Waals surface area contributed by atoms with E-state index in [4.69, 9.17) is 16.1 Å². The molecule has 17 heavy (non-hydrogen) atoms. The summed E-state index contributed by atoms with van der Waals surface area (Å²) in [6.45, 7) is -3.10. The molecule has 0 saturated heterocycles. The highest BCUT2D eigenvalue weighted by Crippen LogP contribution is 2.28. The van der Waals surface area contributed by atoms with E-state index in [9.17, 15) is 13.6 Å². The molecule has 7 heteroatoms. The number of benzene rings is 1. The van der Waals surface area contributed by atoms with Crippen LogP contribution in [0, 0.1) is 11.3 Å². The number of rotatable bonds is 4. The van der Waals surface area contributed by atoms with Crippen LogP contribution >= 0.6 is 0 Å². The molecule has 0 aromatic heterocycles. The van der Waals surface area contributed by atoms with Gasteiger partial charge in [0.2, 0.25) is 0 Å². The van der Waals surface area contributed by atoms with E-state index in [-0.39, 0.29) is 22.6 Å². The van der Waals surface area contributed by atoms with Crippen molar-refractivity contribution < 1.29 is 23.4 Å². The number of carboxylic acid groups (broad SMARTS) is 1. The van der Waals surface area contributed by atoms with Crippen molar-refractivity contribution in [3.05, 3.63) is 23.3 Å². The standard InChI is InChI=1S/C10H8F2N2O3/c11-10(12)17-8-2-1-7(14)6(4-13)5(8)3-9(15)16/h1-2,10H,3,14H2,(H,15,16). The van der Waals surface area contributed by atoms with E-state index >= 15 is 0 Å². The Labute approximate surface area is 95.0 Å². The largest absolute Gasteiger partial charge is 0.481 e. The monoisotopic (exact) mass is 242 g/mol. The van der Waals surface area contributed by atoms with Gasteiger partial charge in [-0.1, -0.05) is 0 Å². The second-order valence-electron chi connectivity index (χ2n) is 3.07. The normalized spacial score (nSPS) is 10.0. The number of carbonyl (C=O) groups is 1. The Bertz CT molecular complexity index is 483. The highest BCUT2D eigenvalue weighted by atomic mass is 19.3. The zero-order valence-electron chi connectivity index (χ0n) is 8.48. The van der Waals surface area contributed by atoms with E-state index in [1.165, 1.54) is 6.07 Å². The number of nitrogens with two attached hydrogens (primary N) is 1. The van der Waals surface area contributed by atoms with E-state index in [0.29, 0.717) is 0 Å². The Kier molecular flexibility index (Phi) is 3.82. The number of hydrogen-bond acceptors (Lipinski definition) is 4. The molecule has 0 atom stereocenters. The number of nitrogen functional groups attached to an aromatic ring is 1. The van der Waals surface area contributed by atoms with Crippen molar-refractivity contribution in [3.63, 3.8) is 0 Å². The molecule has 1 aromatic rings. The summed E-state index contributed by atoms with van der Waals surface area (Å²) in [6, 6.07) is 3.99. The zero-order chi connectivity index (χ0) is 13.0. The third-order valence-electron chi connectivity index (χ3n) is 1.96. The first kappa shape index (κ1) is 12.7. The lowest BCUT2D eigenvalue weighted by molar-refractivity contribution is -0.136. The Morgan fingerprint density at radius 2 is 2.24 bits per heavy atom. The van der Waals surface area contributed by atoms with Gasteiger partial charge in [0, 0.05) is 11.3 Å². The number of halogens is 2. The van der Waals surface area contributed by atoms with Crippen molar-refractivity contribution in [2.45, 2.75) is 13.0 Å². The minimum atomic E-state index is -3.10. The molecule has 5 nitrogen and oxygen atoms in total. The van der Waals surface area contributed by atoms with E-state index in [0.717, 1.165) is 6.07 Å². The second kappa shape index (κ2) is 5.12. The van der Waals surface area contributed by atoms with Crippen molar-refractivity contribution in [2.75, 3.05) is 5.73 Å². The summed E-state index contributed by atoms with van der Waals surface area (Å²) in [5.74, 6) is -1.63. The molecule has 0 spiro atoms. The number of alkyl halides is 2. The quantitative estimate of drug-likeness (QED) is 0.777. The van der Waals surface area contributed by atoms with Crippen molar-refractivity contribution in [3.8, 4) is 11.8 Å². The van der Waals surface area contributed by atoms with Gasteiger partial charge in [0.05, 0.1) is 12.0 Å². The summed E-state index contributed by atoms with van der Waals surface area (Å²) in [6.07, 6.45) is -0.615. The maximum Gasteiger partial charge on any atom is 0.387 e. The number of anilines is 1. The summed E-state index contributed by atoms with van der Waals surface area (Å²) in [5.41, 5.74) is 5.15. The van der Waals surface area contributed by atoms with Gasteiger partial charge in [0.1, 0.15) is 11.8 Å².